The minimum Gasteiger partial charge on any atom is -0.343 e. The van der Waals surface area contributed by atoms with Crippen LogP contribution in [-0.4, -0.2) is 33.4 Å². The number of carbonyl (C=O) groups is 1. The molecule has 0 saturated carbocycles. The van der Waals surface area contributed by atoms with Crippen molar-refractivity contribution in [3.63, 3.8) is 0 Å². The molecule has 2 aromatic carbocycles. The van der Waals surface area contributed by atoms with Gasteiger partial charge in [0.2, 0.25) is 5.91 Å². The second-order valence-electron chi connectivity index (χ2n) is 7.13. The van der Waals surface area contributed by atoms with Gasteiger partial charge in [0.1, 0.15) is 5.82 Å². The highest BCUT2D eigenvalue weighted by molar-refractivity contribution is 9.10. The molecule has 1 saturated heterocycles. The molecular weight excluding hydrogens is 402 g/mol. The number of carbonyl (C=O) groups excluding carboxylic acids is 1. The van der Waals surface area contributed by atoms with Crippen LogP contribution in [0.4, 0.5) is 0 Å². The topological polar surface area (TPSA) is 38.1 Å². The van der Waals surface area contributed by atoms with Crippen molar-refractivity contribution >= 4 is 32.9 Å². The molecule has 3 aromatic rings. The van der Waals surface area contributed by atoms with E-state index in [1.807, 2.05) is 35.2 Å². The number of halogens is 1. The predicted octanol–water partition coefficient (Wildman–Crippen LogP) is 5.26. The second-order valence-corrected chi connectivity index (χ2v) is 8.05. The number of rotatable bonds is 4. The predicted molar refractivity (Wildman–Crippen MR) is 113 cm³/mol. The Morgan fingerprint density at radius 2 is 1.78 bits per heavy atom. The first-order valence-electron chi connectivity index (χ1n) is 9.71. The molecular formula is C22H24BrN3O. The largest absolute Gasteiger partial charge is 0.343 e. The number of nitrogens with zero attached hydrogens (tertiary/aromatic N) is 3. The summed E-state index contributed by atoms with van der Waals surface area (Å²) in [5, 5.41) is 0. The molecule has 1 aromatic heterocycles. The van der Waals surface area contributed by atoms with E-state index in [1.165, 1.54) is 12.8 Å². The first-order valence-corrected chi connectivity index (χ1v) is 10.5. The van der Waals surface area contributed by atoms with Crippen LogP contribution in [0.1, 0.15) is 32.1 Å². The fourth-order valence-electron chi connectivity index (χ4n) is 3.84. The summed E-state index contributed by atoms with van der Waals surface area (Å²) in [5.74, 6) is 1.18. The monoisotopic (exact) mass is 425 g/mol. The highest BCUT2D eigenvalue weighted by Gasteiger charge is 2.18. The number of benzene rings is 2. The summed E-state index contributed by atoms with van der Waals surface area (Å²) in [6, 6.07) is 16.3. The van der Waals surface area contributed by atoms with Crippen LogP contribution in [0.3, 0.4) is 0 Å². The van der Waals surface area contributed by atoms with Gasteiger partial charge in [-0.2, -0.15) is 0 Å². The number of fused-ring (bicyclic) bond motifs is 1. The number of para-hydroxylation sites is 2. The van der Waals surface area contributed by atoms with Gasteiger partial charge in [-0.05, 0) is 37.1 Å². The summed E-state index contributed by atoms with van der Waals surface area (Å²) >= 11 is 3.55. The maximum Gasteiger partial charge on any atom is 0.224 e. The maximum absolute atomic E-state index is 12.8. The third-order valence-corrected chi connectivity index (χ3v) is 5.74. The van der Waals surface area contributed by atoms with E-state index >= 15 is 0 Å². The molecule has 0 bridgehead atoms. The molecule has 27 heavy (non-hydrogen) atoms. The van der Waals surface area contributed by atoms with E-state index in [2.05, 4.69) is 38.7 Å². The Balaban J connectivity index is 1.62. The van der Waals surface area contributed by atoms with Crippen molar-refractivity contribution < 1.29 is 4.79 Å². The van der Waals surface area contributed by atoms with E-state index in [4.69, 9.17) is 4.98 Å². The van der Waals surface area contributed by atoms with Gasteiger partial charge in [0, 0.05) is 36.1 Å². The van der Waals surface area contributed by atoms with E-state index < -0.39 is 0 Å². The zero-order chi connectivity index (χ0) is 18.6. The summed E-state index contributed by atoms with van der Waals surface area (Å²) in [6.07, 6.45) is 5.25. The van der Waals surface area contributed by atoms with E-state index in [9.17, 15) is 4.79 Å². The van der Waals surface area contributed by atoms with Crippen LogP contribution in [0, 0.1) is 0 Å². The lowest BCUT2D eigenvalue weighted by atomic mass is 10.2. The molecule has 0 radical (unpaired) electrons. The lowest BCUT2D eigenvalue weighted by Crippen LogP contribution is -2.32. The summed E-state index contributed by atoms with van der Waals surface area (Å²) < 4.78 is 3.21. The fourth-order valence-corrected chi connectivity index (χ4v) is 4.23. The second kappa shape index (κ2) is 8.26. The van der Waals surface area contributed by atoms with Gasteiger partial charge in [-0.1, -0.05) is 53.0 Å². The van der Waals surface area contributed by atoms with Crippen molar-refractivity contribution in [2.24, 2.45) is 0 Å². The SMILES string of the molecule is O=C(CCn1c(-c2cccc(Br)c2)nc2ccccc21)N1CCCCCC1. The van der Waals surface area contributed by atoms with Crippen molar-refractivity contribution in [2.75, 3.05) is 13.1 Å². The first-order chi connectivity index (χ1) is 13.2. The molecule has 5 heteroatoms. The molecule has 1 fully saturated rings. The first kappa shape index (κ1) is 18.2. The molecule has 140 valence electrons. The summed E-state index contributed by atoms with van der Waals surface area (Å²) in [5.41, 5.74) is 3.11. The van der Waals surface area contributed by atoms with Crippen molar-refractivity contribution in [3.05, 3.63) is 53.0 Å². The van der Waals surface area contributed by atoms with Gasteiger partial charge in [-0.25, -0.2) is 4.98 Å². The van der Waals surface area contributed by atoms with Gasteiger partial charge in [-0.3, -0.25) is 4.79 Å². The summed E-state index contributed by atoms with van der Waals surface area (Å²) in [4.78, 5) is 19.7. The minimum atomic E-state index is 0.259. The van der Waals surface area contributed by atoms with Gasteiger partial charge in [-0.15, -0.1) is 0 Å². The van der Waals surface area contributed by atoms with Crippen molar-refractivity contribution in [1.82, 2.24) is 14.5 Å². The number of aromatic nitrogens is 2. The highest BCUT2D eigenvalue weighted by Crippen LogP contribution is 2.27. The Bertz CT molecular complexity index is 942. The van der Waals surface area contributed by atoms with Crippen LogP contribution in [0.25, 0.3) is 22.4 Å². The standard InChI is InChI=1S/C22H24BrN3O/c23-18-9-7-8-17(16-18)22-24-19-10-3-4-11-20(19)26(22)15-12-21(27)25-13-5-1-2-6-14-25/h3-4,7-11,16H,1-2,5-6,12-15H2. The van der Waals surface area contributed by atoms with Crippen LogP contribution in [-0.2, 0) is 11.3 Å². The zero-order valence-electron chi connectivity index (χ0n) is 15.4. The van der Waals surface area contributed by atoms with E-state index in [0.29, 0.717) is 13.0 Å². The van der Waals surface area contributed by atoms with Crippen LogP contribution in [0.2, 0.25) is 0 Å². The van der Waals surface area contributed by atoms with Crippen molar-refractivity contribution in [1.29, 1.82) is 0 Å². The molecule has 1 amide bonds. The van der Waals surface area contributed by atoms with Gasteiger partial charge in [0.25, 0.3) is 0 Å². The Morgan fingerprint density at radius 1 is 1.00 bits per heavy atom. The van der Waals surface area contributed by atoms with E-state index in [-0.39, 0.29) is 5.91 Å². The van der Waals surface area contributed by atoms with E-state index in [0.717, 1.165) is 52.8 Å². The molecule has 4 rings (SSSR count). The molecule has 0 spiro atoms. The van der Waals surface area contributed by atoms with Crippen LogP contribution >= 0.6 is 15.9 Å². The van der Waals surface area contributed by atoms with Gasteiger partial charge >= 0.3 is 0 Å². The Hall–Kier alpha value is -2.14. The van der Waals surface area contributed by atoms with Gasteiger partial charge in [0.05, 0.1) is 11.0 Å². The number of hydrogen-bond donors (Lipinski definition) is 0. The quantitative estimate of drug-likeness (QED) is 0.571. The number of likely N-dealkylation sites (tertiary alicyclic amines) is 1. The molecule has 2 heterocycles. The number of hydrogen-bond acceptors (Lipinski definition) is 2. The average molecular weight is 426 g/mol. The highest BCUT2D eigenvalue weighted by atomic mass is 79.9. The zero-order valence-corrected chi connectivity index (χ0v) is 17.0. The lowest BCUT2D eigenvalue weighted by molar-refractivity contribution is -0.131. The van der Waals surface area contributed by atoms with E-state index in [1.54, 1.807) is 0 Å². The Kier molecular flexibility index (Phi) is 5.58. The average Bonchev–Trinajstić information content (AvgIpc) is 2.85. The maximum atomic E-state index is 12.8. The number of imidazole rings is 1. The van der Waals surface area contributed by atoms with Crippen LogP contribution in [0.15, 0.2) is 53.0 Å². The molecule has 0 N–H and O–H groups in total. The number of aryl methyl sites for hydroxylation is 1. The Labute approximate surface area is 168 Å². The minimum absolute atomic E-state index is 0.259. The molecule has 0 aliphatic carbocycles. The fraction of sp³-hybridized carbons (Fsp3) is 0.364. The van der Waals surface area contributed by atoms with Gasteiger partial charge < -0.3 is 9.47 Å². The van der Waals surface area contributed by atoms with Crippen LogP contribution in [0.5, 0.6) is 0 Å². The van der Waals surface area contributed by atoms with Crippen molar-refractivity contribution in [3.8, 4) is 11.4 Å². The lowest BCUT2D eigenvalue weighted by Gasteiger charge is -2.20. The number of amides is 1. The molecule has 1 aliphatic rings. The summed E-state index contributed by atoms with van der Waals surface area (Å²) in [6.45, 7) is 2.46. The molecule has 0 atom stereocenters. The van der Waals surface area contributed by atoms with Crippen LogP contribution < -0.4 is 0 Å². The molecule has 4 nitrogen and oxygen atoms in total. The smallest absolute Gasteiger partial charge is 0.224 e. The molecule has 1 aliphatic heterocycles. The van der Waals surface area contributed by atoms with Crippen molar-refractivity contribution in [2.45, 2.75) is 38.6 Å². The normalized spacial score (nSPS) is 15.1. The Morgan fingerprint density at radius 3 is 2.56 bits per heavy atom. The van der Waals surface area contributed by atoms with Gasteiger partial charge in [0.15, 0.2) is 0 Å². The third kappa shape index (κ3) is 4.08. The molecule has 0 unspecified atom stereocenters. The summed E-state index contributed by atoms with van der Waals surface area (Å²) in [7, 11) is 0. The third-order valence-electron chi connectivity index (χ3n) is 5.25.